The fraction of sp³-hybridized carbons (Fsp3) is 0.625. The topological polar surface area (TPSA) is 41.5 Å². The van der Waals surface area contributed by atoms with Crippen LogP contribution in [-0.4, -0.2) is 24.4 Å². The van der Waals surface area contributed by atoms with Crippen molar-refractivity contribution in [1.29, 1.82) is 0 Å². The zero-order valence-corrected chi connectivity index (χ0v) is 13.2. The van der Waals surface area contributed by atoms with E-state index in [0.717, 1.165) is 42.6 Å². The SMILES string of the molecule is OC1CCCCC1CNC1CCOc2ccc(Br)cc21. The van der Waals surface area contributed by atoms with Crippen molar-refractivity contribution >= 4 is 15.9 Å². The minimum atomic E-state index is -0.127. The first-order valence-electron chi connectivity index (χ1n) is 7.58. The Balaban J connectivity index is 1.65. The monoisotopic (exact) mass is 339 g/mol. The van der Waals surface area contributed by atoms with Gasteiger partial charge in [0.1, 0.15) is 5.75 Å². The molecule has 0 aromatic heterocycles. The Hall–Kier alpha value is -0.580. The average molecular weight is 340 g/mol. The lowest BCUT2D eigenvalue weighted by Gasteiger charge is -2.32. The van der Waals surface area contributed by atoms with Crippen LogP contribution in [0.25, 0.3) is 0 Å². The Morgan fingerprint density at radius 2 is 2.10 bits per heavy atom. The summed E-state index contributed by atoms with van der Waals surface area (Å²) < 4.78 is 6.80. The van der Waals surface area contributed by atoms with Gasteiger partial charge in [0.15, 0.2) is 0 Å². The van der Waals surface area contributed by atoms with Crippen LogP contribution in [0, 0.1) is 5.92 Å². The van der Waals surface area contributed by atoms with Crippen molar-refractivity contribution < 1.29 is 9.84 Å². The van der Waals surface area contributed by atoms with E-state index in [4.69, 9.17) is 4.74 Å². The highest BCUT2D eigenvalue weighted by Gasteiger charge is 2.26. The van der Waals surface area contributed by atoms with E-state index < -0.39 is 0 Å². The van der Waals surface area contributed by atoms with Crippen LogP contribution >= 0.6 is 15.9 Å². The van der Waals surface area contributed by atoms with Crippen molar-refractivity contribution in [2.45, 2.75) is 44.2 Å². The molecule has 2 N–H and O–H groups in total. The van der Waals surface area contributed by atoms with Crippen LogP contribution in [0.3, 0.4) is 0 Å². The number of rotatable bonds is 3. The normalized spacial score (nSPS) is 29.6. The van der Waals surface area contributed by atoms with Gasteiger partial charge >= 0.3 is 0 Å². The summed E-state index contributed by atoms with van der Waals surface area (Å²) in [6.07, 6.45) is 5.39. The molecule has 3 nitrogen and oxygen atoms in total. The molecule has 1 fully saturated rings. The number of nitrogens with one attached hydrogen (secondary N) is 1. The van der Waals surface area contributed by atoms with Crippen LogP contribution in [-0.2, 0) is 0 Å². The zero-order valence-electron chi connectivity index (χ0n) is 11.6. The molecule has 0 spiro atoms. The summed E-state index contributed by atoms with van der Waals surface area (Å²) in [6, 6.07) is 6.53. The highest BCUT2D eigenvalue weighted by molar-refractivity contribution is 9.10. The minimum absolute atomic E-state index is 0.127. The Morgan fingerprint density at radius 1 is 1.25 bits per heavy atom. The molecule has 0 radical (unpaired) electrons. The molecule has 0 saturated heterocycles. The van der Waals surface area contributed by atoms with Crippen LogP contribution in [0.2, 0.25) is 0 Å². The summed E-state index contributed by atoms with van der Waals surface area (Å²) in [5.74, 6) is 1.39. The van der Waals surface area contributed by atoms with Gasteiger partial charge < -0.3 is 15.2 Å². The standard InChI is InChI=1S/C16H22BrNO2/c17-12-5-6-16-13(9-12)14(7-8-20-16)18-10-11-3-1-2-4-15(11)19/h5-6,9,11,14-15,18-19H,1-4,7-8,10H2. The molecule has 20 heavy (non-hydrogen) atoms. The first-order chi connectivity index (χ1) is 9.74. The van der Waals surface area contributed by atoms with Crippen molar-refractivity contribution in [3.05, 3.63) is 28.2 Å². The van der Waals surface area contributed by atoms with Gasteiger partial charge in [-0.1, -0.05) is 28.8 Å². The maximum Gasteiger partial charge on any atom is 0.124 e. The van der Waals surface area contributed by atoms with Gasteiger partial charge in [-0.3, -0.25) is 0 Å². The van der Waals surface area contributed by atoms with Crippen molar-refractivity contribution in [1.82, 2.24) is 5.32 Å². The second-order valence-electron chi connectivity index (χ2n) is 5.89. The van der Waals surface area contributed by atoms with Gasteiger partial charge in [-0.15, -0.1) is 0 Å². The van der Waals surface area contributed by atoms with Gasteiger partial charge in [-0.2, -0.15) is 0 Å². The van der Waals surface area contributed by atoms with Gasteiger partial charge in [-0.25, -0.2) is 0 Å². The van der Waals surface area contributed by atoms with E-state index in [9.17, 15) is 5.11 Å². The van der Waals surface area contributed by atoms with Crippen LogP contribution in [0.1, 0.15) is 43.7 Å². The lowest BCUT2D eigenvalue weighted by molar-refractivity contribution is 0.0670. The minimum Gasteiger partial charge on any atom is -0.493 e. The predicted octanol–water partition coefficient (Wildman–Crippen LogP) is 3.41. The van der Waals surface area contributed by atoms with Gasteiger partial charge in [0.25, 0.3) is 0 Å². The van der Waals surface area contributed by atoms with E-state index in [-0.39, 0.29) is 6.10 Å². The Bertz CT molecular complexity index is 466. The Kier molecular flexibility index (Phi) is 4.64. The quantitative estimate of drug-likeness (QED) is 0.886. The number of benzene rings is 1. The van der Waals surface area contributed by atoms with Crippen molar-refractivity contribution in [2.24, 2.45) is 5.92 Å². The molecule has 110 valence electrons. The Morgan fingerprint density at radius 3 is 2.95 bits per heavy atom. The predicted molar refractivity (Wildman–Crippen MR) is 83.0 cm³/mol. The summed E-state index contributed by atoms with van der Waals surface area (Å²) in [5.41, 5.74) is 1.23. The van der Waals surface area contributed by atoms with E-state index in [0.29, 0.717) is 12.0 Å². The fourth-order valence-electron chi connectivity index (χ4n) is 3.30. The van der Waals surface area contributed by atoms with Crippen LogP contribution in [0.5, 0.6) is 5.75 Å². The molecule has 0 bridgehead atoms. The molecule has 3 rings (SSSR count). The molecule has 1 heterocycles. The van der Waals surface area contributed by atoms with E-state index >= 15 is 0 Å². The highest BCUT2D eigenvalue weighted by Crippen LogP contribution is 2.34. The molecule has 2 aliphatic rings. The van der Waals surface area contributed by atoms with Gasteiger partial charge in [0, 0.05) is 29.0 Å². The first-order valence-corrected chi connectivity index (χ1v) is 8.37. The number of hydrogen-bond acceptors (Lipinski definition) is 3. The highest BCUT2D eigenvalue weighted by atomic mass is 79.9. The lowest BCUT2D eigenvalue weighted by Crippen LogP contribution is -2.37. The molecule has 3 atom stereocenters. The second kappa shape index (κ2) is 6.46. The summed E-state index contributed by atoms with van der Waals surface area (Å²) >= 11 is 3.53. The molecule has 1 aliphatic carbocycles. The van der Waals surface area contributed by atoms with Crippen LogP contribution < -0.4 is 10.1 Å². The largest absolute Gasteiger partial charge is 0.493 e. The summed E-state index contributed by atoms with van der Waals surface area (Å²) in [5, 5.41) is 13.7. The number of hydrogen-bond donors (Lipinski definition) is 2. The van der Waals surface area contributed by atoms with E-state index in [2.05, 4.69) is 27.3 Å². The number of halogens is 1. The Labute approximate surface area is 128 Å². The van der Waals surface area contributed by atoms with Crippen LogP contribution in [0.15, 0.2) is 22.7 Å². The second-order valence-corrected chi connectivity index (χ2v) is 6.81. The third-order valence-corrected chi connectivity index (χ3v) is 5.00. The maximum absolute atomic E-state index is 10.1. The zero-order chi connectivity index (χ0) is 13.9. The maximum atomic E-state index is 10.1. The molecule has 1 aliphatic heterocycles. The number of fused-ring (bicyclic) bond motifs is 1. The molecule has 1 saturated carbocycles. The smallest absolute Gasteiger partial charge is 0.124 e. The average Bonchev–Trinajstić information content (AvgIpc) is 2.46. The molecule has 3 unspecified atom stereocenters. The molecule has 1 aromatic rings. The van der Waals surface area contributed by atoms with E-state index in [1.807, 2.05) is 12.1 Å². The van der Waals surface area contributed by atoms with Crippen molar-refractivity contribution in [2.75, 3.05) is 13.2 Å². The summed E-state index contributed by atoms with van der Waals surface area (Å²) in [7, 11) is 0. The molecular formula is C16H22BrNO2. The van der Waals surface area contributed by atoms with E-state index in [1.54, 1.807) is 0 Å². The first kappa shape index (κ1) is 14.4. The molecule has 0 amide bonds. The van der Waals surface area contributed by atoms with Crippen molar-refractivity contribution in [3.8, 4) is 5.75 Å². The number of aliphatic hydroxyl groups excluding tert-OH is 1. The molecule has 4 heteroatoms. The van der Waals surface area contributed by atoms with Crippen molar-refractivity contribution in [3.63, 3.8) is 0 Å². The summed E-state index contributed by atoms with van der Waals surface area (Å²) in [4.78, 5) is 0. The third-order valence-electron chi connectivity index (χ3n) is 4.51. The number of ether oxygens (including phenoxy) is 1. The third kappa shape index (κ3) is 3.18. The number of aliphatic hydroxyl groups is 1. The molecular weight excluding hydrogens is 318 g/mol. The fourth-order valence-corrected chi connectivity index (χ4v) is 3.68. The van der Waals surface area contributed by atoms with Gasteiger partial charge in [-0.05, 0) is 37.0 Å². The lowest BCUT2D eigenvalue weighted by atomic mass is 9.86. The molecule has 1 aromatic carbocycles. The van der Waals surface area contributed by atoms with E-state index in [1.165, 1.54) is 18.4 Å². The van der Waals surface area contributed by atoms with Gasteiger partial charge in [0.05, 0.1) is 12.7 Å². The summed E-state index contributed by atoms with van der Waals surface area (Å²) in [6.45, 7) is 1.66. The van der Waals surface area contributed by atoms with Crippen LogP contribution in [0.4, 0.5) is 0 Å². The van der Waals surface area contributed by atoms with Gasteiger partial charge in [0.2, 0.25) is 0 Å².